The van der Waals surface area contributed by atoms with Gasteiger partial charge in [-0.25, -0.2) is 0 Å². The molecule has 2 heteroatoms. The second kappa shape index (κ2) is 4.15. The number of hydrogen-bond acceptors (Lipinski definition) is 1. The van der Waals surface area contributed by atoms with Crippen LogP contribution < -0.4 is 5.56 Å². The van der Waals surface area contributed by atoms with Gasteiger partial charge in [0.1, 0.15) is 0 Å². The fraction of sp³-hybridized carbons (Fsp3) is 0.0625. The second-order valence-corrected chi connectivity index (χ2v) is 4.49. The number of aromatic amines is 1. The van der Waals surface area contributed by atoms with Crippen molar-refractivity contribution in [2.24, 2.45) is 0 Å². The Morgan fingerprint density at radius 2 is 1.72 bits per heavy atom. The van der Waals surface area contributed by atoms with Crippen molar-refractivity contribution in [3.63, 3.8) is 0 Å². The van der Waals surface area contributed by atoms with Crippen molar-refractivity contribution in [1.29, 1.82) is 0 Å². The quantitative estimate of drug-likeness (QED) is 0.688. The van der Waals surface area contributed by atoms with Crippen LogP contribution >= 0.6 is 0 Å². The van der Waals surface area contributed by atoms with E-state index in [-0.39, 0.29) is 5.56 Å². The van der Waals surface area contributed by atoms with Gasteiger partial charge in [0, 0.05) is 11.6 Å². The molecule has 0 atom stereocenters. The molecule has 2 nitrogen and oxygen atoms in total. The molecule has 0 aliphatic heterocycles. The Morgan fingerprint density at radius 3 is 2.56 bits per heavy atom. The molecule has 3 rings (SSSR count). The largest absolute Gasteiger partial charge is 0.322 e. The zero-order valence-corrected chi connectivity index (χ0v) is 10.1. The van der Waals surface area contributed by atoms with E-state index >= 15 is 0 Å². The number of fused-ring (bicyclic) bond motifs is 1. The monoisotopic (exact) mass is 235 g/mol. The van der Waals surface area contributed by atoms with Crippen molar-refractivity contribution in [3.8, 4) is 11.1 Å². The van der Waals surface area contributed by atoms with Crippen molar-refractivity contribution >= 4 is 10.9 Å². The Bertz CT molecular complexity index is 771. The molecule has 0 aliphatic carbocycles. The number of aromatic nitrogens is 1. The van der Waals surface area contributed by atoms with E-state index in [9.17, 15) is 4.79 Å². The van der Waals surface area contributed by atoms with E-state index < -0.39 is 0 Å². The van der Waals surface area contributed by atoms with Gasteiger partial charge in [0.05, 0.1) is 0 Å². The molecule has 0 saturated carbocycles. The van der Waals surface area contributed by atoms with E-state index in [0.29, 0.717) is 0 Å². The Morgan fingerprint density at radius 1 is 0.889 bits per heavy atom. The highest BCUT2D eigenvalue weighted by Gasteiger charge is 2.00. The minimum absolute atomic E-state index is 0.0641. The van der Waals surface area contributed by atoms with Crippen LogP contribution in [0.15, 0.2) is 59.4 Å². The molecular formula is C16H13NO. The van der Waals surface area contributed by atoms with E-state index in [1.165, 1.54) is 16.7 Å². The molecule has 0 spiro atoms. The standard InChI is InChI=1S/C16H13NO/c1-11-3-2-4-12(9-11)13-5-7-15-14(10-13)6-8-16(18)17-15/h2-10H,1H3,(H,17,18). The second-order valence-electron chi connectivity index (χ2n) is 4.49. The summed E-state index contributed by atoms with van der Waals surface area (Å²) in [6, 6.07) is 17.9. The molecule has 1 aromatic heterocycles. The van der Waals surface area contributed by atoms with Crippen molar-refractivity contribution in [2.45, 2.75) is 6.92 Å². The van der Waals surface area contributed by atoms with E-state index in [2.05, 4.69) is 42.2 Å². The zero-order valence-electron chi connectivity index (χ0n) is 10.1. The first kappa shape index (κ1) is 10.8. The predicted octanol–water partition coefficient (Wildman–Crippen LogP) is 3.50. The highest BCUT2D eigenvalue weighted by Crippen LogP contribution is 2.23. The summed E-state index contributed by atoms with van der Waals surface area (Å²) in [4.78, 5) is 14.1. The molecular weight excluding hydrogens is 222 g/mol. The van der Waals surface area contributed by atoms with E-state index in [1.54, 1.807) is 6.07 Å². The number of H-pyrrole nitrogens is 1. The van der Waals surface area contributed by atoms with Crippen LogP contribution in [0.5, 0.6) is 0 Å². The number of rotatable bonds is 1. The van der Waals surface area contributed by atoms with Gasteiger partial charge in [0.2, 0.25) is 5.56 Å². The number of aryl methyl sites for hydroxylation is 1. The van der Waals surface area contributed by atoms with E-state index in [0.717, 1.165) is 10.9 Å². The SMILES string of the molecule is Cc1cccc(-c2ccc3[nH]c(=O)ccc3c2)c1. The van der Waals surface area contributed by atoms with Gasteiger partial charge in [-0.3, -0.25) is 4.79 Å². The van der Waals surface area contributed by atoms with Crippen molar-refractivity contribution in [3.05, 3.63) is 70.5 Å². The third-order valence-electron chi connectivity index (χ3n) is 3.08. The van der Waals surface area contributed by atoms with Crippen LogP contribution in [0.2, 0.25) is 0 Å². The lowest BCUT2D eigenvalue weighted by molar-refractivity contribution is 1.31. The summed E-state index contributed by atoms with van der Waals surface area (Å²) in [5.41, 5.74) is 4.42. The van der Waals surface area contributed by atoms with Crippen molar-refractivity contribution in [1.82, 2.24) is 4.98 Å². The fourth-order valence-electron chi connectivity index (χ4n) is 2.16. The lowest BCUT2D eigenvalue weighted by Crippen LogP contribution is -2.01. The van der Waals surface area contributed by atoms with Gasteiger partial charge in [-0.1, -0.05) is 35.9 Å². The summed E-state index contributed by atoms with van der Waals surface area (Å²) in [6.45, 7) is 2.09. The maximum Gasteiger partial charge on any atom is 0.248 e. The van der Waals surface area contributed by atoms with Gasteiger partial charge < -0.3 is 4.98 Å². The zero-order chi connectivity index (χ0) is 12.5. The molecule has 0 radical (unpaired) electrons. The summed E-state index contributed by atoms with van der Waals surface area (Å²) < 4.78 is 0. The number of nitrogens with one attached hydrogen (secondary N) is 1. The third kappa shape index (κ3) is 1.93. The molecule has 18 heavy (non-hydrogen) atoms. The van der Waals surface area contributed by atoms with Gasteiger partial charge >= 0.3 is 0 Å². The Hall–Kier alpha value is -2.35. The number of benzene rings is 2. The maximum absolute atomic E-state index is 11.2. The van der Waals surface area contributed by atoms with Gasteiger partial charge in [-0.15, -0.1) is 0 Å². The highest BCUT2D eigenvalue weighted by atomic mass is 16.1. The molecule has 0 bridgehead atoms. The Kier molecular flexibility index (Phi) is 2.49. The summed E-state index contributed by atoms with van der Waals surface area (Å²) in [5.74, 6) is 0. The normalized spacial score (nSPS) is 10.7. The van der Waals surface area contributed by atoms with Crippen LogP contribution in [-0.2, 0) is 0 Å². The van der Waals surface area contributed by atoms with Gasteiger partial charge in [-0.2, -0.15) is 0 Å². The number of hydrogen-bond donors (Lipinski definition) is 1. The lowest BCUT2D eigenvalue weighted by atomic mass is 10.0. The van der Waals surface area contributed by atoms with Crippen LogP contribution in [0.1, 0.15) is 5.56 Å². The van der Waals surface area contributed by atoms with Crippen LogP contribution in [0, 0.1) is 6.92 Å². The molecule has 3 aromatic rings. The number of pyridine rings is 1. The summed E-state index contributed by atoms with van der Waals surface area (Å²) in [6.07, 6.45) is 0. The average molecular weight is 235 g/mol. The average Bonchev–Trinajstić information content (AvgIpc) is 2.38. The van der Waals surface area contributed by atoms with Crippen molar-refractivity contribution < 1.29 is 0 Å². The minimum atomic E-state index is -0.0641. The molecule has 0 saturated heterocycles. The molecule has 0 amide bonds. The van der Waals surface area contributed by atoms with Crippen LogP contribution in [0.3, 0.4) is 0 Å². The predicted molar refractivity (Wildman–Crippen MR) is 74.7 cm³/mol. The first-order valence-electron chi connectivity index (χ1n) is 5.92. The third-order valence-corrected chi connectivity index (χ3v) is 3.08. The van der Waals surface area contributed by atoms with Crippen LogP contribution in [-0.4, -0.2) is 4.98 Å². The molecule has 0 unspecified atom stereocenters. The molecule has 88 valence electrons. The Balaban J connectivity index is 2.19. The minimum Gasteiger partial charge on any atom is -0.322 e. The van der Waals surface area contributed by atoms with E-state index in [1.807, 2.05) is 18.2 Å². The first-order chi connectivity index (χ1) is 8.72. The maximum atomic E-state index is 11.2. The van der Waals surface area contributed by atoms with Gasteiger partial charge in [0.15, 0.2) is 0 Å². The summed E-state index contributed by atoms with van der Waals surface area (Å²) in [5, 5.41) is 1.05. The first-order valence-corrected chi connectivity index (χ1v) is 5.92. The highest BCUT2D eigenvalue weighted by molar-refractivity contribution is 5.84. The molecule has 1 heterocycles. The van der Waals surface area contributed by atoms with Gasteiger partial charge in [0.25, 0.3) is 0 Å². The fourth-order valence-corrected chi connectivity index (χ4v) is 2.16. The summed E-state index contributed by atoms with van der Waals surface area (Å²) in [7, 11) is 0. The smallest absolute Gasteiger partial charge is 0.248 e. The van der Waals surface area contributed by atoms with Gasteiger partial charge in [-0.05, 0) is 41.6 Å². The molecule has 2 aromatic carbocycles. The molecule has 0 fully saturated rings. The topological polar surface area (TPSA) is 32.9 Å². The Labute approximate surface area is 105 Å². The van der Waals surface area contributed by atoms with Crippen LogP contribution in [0.4, 0.5) is 0 Å². The van der Waals surface area contributed by atoms with Crippen molar-refractivity contribution in [2.75, 3.05) is 0 Å². The molecule has 0 aliphatic rings. The van der Waals surface area contributed by atoms with E-state index in [4.69, 9.17) is 0 Å². The summed E-state index contributed by atoms with van der Waals surface area (Å²) >= 11 is 0. The molecule has 1 N–H and O–H groups in total. The van der Waals surface area contributed by atoms with Crippen LogP contribution in [0.25, 0.3) is 22.0 Å². The lowest BCUT2D eigenvalue weighted by Gasteiger charge is -2.04.